The quantitative estimate of drug-likeness (QED) is 0.375. The first-order chi connectivity index (χ1) is 1.73. The van der Waals surface area contributed by atoms with Gasteiger partial charge in [0, 0.05) is 6.92 Å². The molecule has 0 amide bonds. The van der Waals surface area contributed by atoms with Crippen LogP contribution in [-0.4, -0.2) is 43.9 Å². The fourth-order valence-corrected chi connectivity index (χ4v) is 0. The summed E-state index contributed by atoms with van der Waals surface area (Å²) < 4.78 is 0. The molecule has 72 valence electrons. The summed E-state index contributed by atoms with van der Waals surface area (Å²) in [4.78, 5) is 9.00. The van der Waals surface area contributed by atoms with Gasteiger partial charge in [-0.1, -0.05) is 0 Å². The summed E-state index contributed by atoms with van der Waals surface area (Å²) in [6.07, 6.45) is 0. The van der Waals surface area contributed by atoms with Crippen LogP contribution in [0.4, 0.5) is 0 Å². The van der Waals surface area contributed by atoms with E-state index in [0.717, 1.165) is 6.92 Å². The van der Waals surface area contributed by atoms with Crippen LogP contribution in [0.3, 0.4) is 0 Å². The molecule has 0 unspecified atom stereocenters. The molecule has 0 heterocycles. The fraction of sp³-hybridized carbons (Fsp3) is 0.500. The third-order valence-corrected chi connectivity index (χ3v) is 0. The Labute approximate surface area is 56.9 Å². The van der Waals surface area contributed by atoms with Crippen LogP contribution in [0.1, 0.15) is 6.92 Å². The molecule has 0 aliphatic rings. The van der Waals surface area contributed by atoms with Crippen molar-refractivity contribution in [3.05, 3.63) is 0 Å². The molecule has 0 saturated heterocycles. The van der Waals surface area contributed by atoms with E-state index < -0.39 is 5.97 Å². The number of aliphatic carboxylic acids is 1. The van der Waals surface area contributed by atoms with Gasteiger partial charge in [-0.15, -0.1) is 0 Å². The Kier molecular flexibility index (Phi) is 1090. The number of carboxylic acids is 1. The molecule has 10 heavy (non-hydrogen) atoms. The van der Waals surface area contributed by atoms with Gasteiger partial charge in [0.2, 0.25) is 0 Å². The van der Waals surface area contributed by atoms with Gasteiger partial charge >= 0.3 is 0 Å². The molecular formula is C2H16O8. The summed E-state index contributed by atoms with van der Waals surface area (Å²) in [5, 5.41) is 7.42. The average molecular weight is 168 g/mol. The molecule has 0 spiro atoms. The van der Waals surface area contributed by atoms with Crippen molar-refractivity contribution < 1.29 is 42.8 Å². The van der Waals surface area contributed by atoms with Gasteiger partial charge in [0.25, 0.3) is 5.97 Å². The lowest BCUT2D eigenvalue weighted by Gasteiger charge is -1.59. The van der Waals surface area contributed by atoms with Crippen LogP contribution in [0.2, 0.25) is 0 Å². The number of hydrogen-bond acceptors (Lipinski definition) is 1. The van der Waals surface area contributed by atoms with Crippen LogP contribution < -0.4 is 0 Å². The van der Waals surface area contributed by atoms with Crippen molar-refractivity contribution >= 4 is 5.97 Å². The molecule has 8 heteroatoms. The molecule has 0 aliphatic carbocycles. The Morgan fingerprint density at radius 3 is 0.900 bits per heavy atom. The minimum atomic E-state index is -0.833. The summed E-state index contributed by atoms with van der Waals surface area (Å²) in [6, 6.07) is 0. The third-order valence-electron chi connectivity index (χ3n) is 0. The van der Waals surface area contributed by atoms with E-state index in [4.69, 9.17) is 9.90 Å². The zero-order valence-electron chi connectivity index (χ0n) is 5.36. The second kappa shape index (κ2) is 86.5. The molecule has 0 aliphatic heterocycles. The van der Waals surface area contributed by atoms with Crippen molar-refractivity contribution in [1.82, 2.24) is 0 Å². The average Bonchev–Trinajstić information content (AvgIpc) is 0.811. The van der Waals surface area contributed by atoms with Crippen molar-refractivity contribution in [3.63, 3.8) is 0 Å². The highest BCUT2D eigenvalue weighted by molar-refractivity contribution is 5.62. The van der Waals surface area contributed by atoms with E-state index in [0.29, 0.717) is 0 Å². The largest absolute Gasteiger partial charge is 0.481 e. The summed E-state index contributed by atoms with van der Waals surface area (Å²) >= 11 is 0. The summed E-state index contributed by atoms with van der Waals surface area (Å²) in [6.45, 7) is 1.08. The number of carboxylic acid groups (broad SMARTS) is 1. The molecule has 0 rings (SSSR count). The highest BCUT2D eigenvalue weighted by Gasteiger charge is 1.65. The Morgan fingerprint density at radius 2 is 0.900 bits per heavy atom. The Hall–Kier alpha value is -0.770. The molecule has 0 bridgehead atoms. The zero-order chi connectivity index (χ0) is 3.58. The van der Waals surface area contributed by atoms with E-state index in [-0.39, 0.29) is 32.9 Å². The van der Waals surface area contributed by atoms with Gasteiger partial charge in [-0.3, -0.25) is 4.79 Å². The van der Waals surface area contributed by atoms with E-state index in [2.05, 4.69) is 0 Å². The maximum absolute atomic E-state index is 9.00. The van der Waals surface area contributed by atoms with Crippen molar-refractivity contribution in [1.29, 1.82) is 0 Å². The predicted molar refractivity (Wildman–Crippen MR) is 35.0 cm³/mol. The molecular weight excluding hydrogens is 152 g/mol. The van der Waals surface area contributed by atoms with Gasteiger partial charge in [-0.2, -0.15) is 0 Å². The molecule has 0 aromatic rings. The second-order valence-corrected chi connectivity index (χ2v) is 0.519. The standard InChI is InChI=1S/C2H4O2.6H2O/c1-2(3)4;;;;;;/h1H3,(H,3,4);6*1H2. The molecule has 8 nitrogen and oxygen atoms in total. The molecule has 13 N–H and O–H groups in total. The molecule has 0 aromatic carbocycles. The molecule has 0 saturated carbocycles. The van der Waals surface area contributed by atoms with Crippen molar-refractivity contribution in [3.8, 4) is 0 Å². The Balaban J connectivity index is -0.00000000300. The van der Waals surface area contributed by atoms with Gasteiger partial charge in [-0.25, -0.2) is 0 Å². The van der Waals surface area contributed by atoms with Gasteiger partial charge in [-0.05, 0) is 0 Å². The van der Waals surface area contributed by atoms with Crippen molar-refractivity contribution in [2.24, 2.45) is 0 Å². The summed E-state index contributed by atoms with van der Waals surface area (Å²) in [7, 11) is 0. The van der Waals surface area contributed by atoms with E-state index in [1.165, 1.54) is 0 Å². The normalized spacial score (nSPS) is 2.50. The molecule has 0 fully saturated rings. The highest BCUT2D eigenvalue weighted by Crippen LogP contribution is 1.42. The maximum atomic E-state index is 9.00. The monoisotopic (exact) mass is 168 g/mol. The minimum absolute atomic E-state index is 0. The first-order valence-electron chi connectivity index (χ1n) is 0.928. The lowest BCUT2D eigenvalue weighted by molar-refractivity contribution is -0.134. The van der Waals surface area contributed by atoms with Crippen LogP contribution in [0, 0.1) is 0 Å². The van der Waals surface area contributed by atoms with Gasteiger partial charge < -0.3 is 38.0 Å². The Morgan fingerprint density at radius 1 is 0.900 bits per heavy atom. The third kappa shape index (κ3) is 473. The smallest absolute Gasteiger partial charge is 0.300 e. The highest BCUT2D eigenvalue weighted by atomic mass is 16.4. The van der Waals surface area contributed by atoms with Gasteiger partial charge in [0.15, 0.2) is 0 Å². The first-order valence-corrected chi connectivity index (χ1v) is 0.928. The minimum Gasteiger partial charge on any atom is -0.481 e. The second-order valence-electron chi connectivity index (χ2n) is 0.519. The lowest BCUT2D eigenvalue weighted by Crippen LogP contribution is -1.78. The van der Waals surface area contributed by atoms with Gasteiger partial charge in [0.05, 0.1) is 0 Å². The maximum Gasteiger partial charge on any atom is 0.300 e. The van der Waals surface area contributed by atoms with Crippen LogP contribution in [0.5, 0.6) is 0 Å². The zero-order valence-corrected chi connectivity index (χ0v) is 5.36. The molecule has 0 atom stereocenters. The van der Waals surface area contributed by atoms with E-state index in [9.17, 15) is 0 Å². The number of rotatable bonds is 0. The van der Waals surface area contributed by atoms with E-state index in [1.54, 1.807) is 0 Å². The van der Waals surface area contributed by atoms with Crippen LogP contribution >= 0.6 is 0 Å². The van der Waals surface area contributed by atoms with Gasteiger partial charge in [0.1, 0.15) is 0 Å². The van der Waals surface area contributed by atoms with Crippen LogP contribution in [0.25, 0.3) is 0 Å². The summed E-state index contributed by atoms with van der Waals surface area (Å²) in [5.41, 5.74) is 0. The lowest BCUT2D eigenvalue weighted by atomic mass is 10.9. The Bertz CT molecular complexity index is 30.2. The topological polar surface area (TPSA) is 226 Å². The molecule has 0 radical (unpaired) electrons. The number of hydrogen-bond donors (Lipinski definition) is 1. The van der Waals surface area contributed by atoms with Crippen LogP contribution in [0.15, 0.2) is 0 Å². The predicted octanol–water partition coefficient (Wildman–Crippen LogP) is -4.86. The van der Waals surface area contributed by atoms with Crippen LogP contribution in [-0.2, 0) is 4.79 Å². The van der Waals surface area contributed by atoms with E-state index in [1.807, 2.05) is 0 Å². The SMILES string of the molecule is CC(=O)O.O.O.O.O.O.O. The van der Waals surface area contributed by atoms with Crippen molar-refractivity contribution in [2.75, 3.05) is 0 Å². The molecule has 0 aromatic heterocycles. The van der Waals surface area contributed by atoms with Crippen molar-refractivity contribution in [2.45, 2.75) is 6.92 Å². The number of carbonyl (C=O) groups is 1. The first kappa shape index (κ1) is 126. The summed E-state index contributed by atoms with van der Waals surface area (Å²) in [5.74, 6) is -0.833. The fourth-order valence-electron chi connectivity index (χ4n) is 0. The van der Waals surface area contributed by atoms with E-state index >= 15 is 0 Å².